The molecule has 1 aromatic rings. The van der Waals surface area contributed by atoms with Gasteiger partial charge in [-0.25, -0.2) is 13.4 Å². The number of sulfonamides is 1. The molecule has 3 saturated heterocycles. The van der Waals surface area contributed by atoms with Gasteiger partial charge in [0.25, 0.3) is 0 Å². The third-order valence-corrected chi connectivity index (χ3v) is 8.15. The topological polar surface area (TPSA) is 84.9 Å². The van der Waals surface area contributed by atoms with Crippen LogP contribution in [0.5, 0.6) is 5.88 Å². The largest absolute Gasteiger partial charge is 0.469 e. The van der Waals surface area contributed by atoms with Gasteiger partial charge < -0.3 is 14.4 Å². The summed E-state index contributed by atoms with van der Waals surface area (Å²) >= 11 is 6.20. The lowest BCUT2D eigenvalue weighted by atomic mass is 9.83. The quantitative estimate of drug-likeness (QED) is 0.638. The molecule has 0 aromatic carbocycles. The Balaban J connectivity index is 1.52. The zero-order valence-electron chi connectivity index (χ0n) is 16.3. The summed E-state index contributed by atoms with van der Waals surface area (Å²) in [4.78, 5) is 10.9. The summed E-state index contributed by atoms with van der Waals surface area (Å²) in [7, 11) is -1.24. The van der Waals surface area contributed by atoms with E-state index in [1.54, 1.807) is 17.3 Å². The first-order valence-electron chi connectivity index (χ1n) is 9.90. The molecule has 156 valence electrons. The van der Waals surface area contributed by atoms with E-state index in [0.29, 0.717) is 30.2 Å². The van der Waals surface area contributed by atoms with Crippen molar-refractivity contribution in [2.24, 2.45) is 0 Å². The van der Waals surface area contributed by atoms with Crippen LogP contribution >= 0.6 is 11.6 Å². The Kier molecular flexibility index (Phi) is 5.70. The molecule has 28 heavy (non-hydrogen) atoms. The van der Waals surface area contributed by atoms with Gasteiger partial charge in [-0.2, -0.15) is 9.29 Å². The number of halogens is 1. The van der Waals surface area contributed by atoms with Crippen LogP contribution in [-0.4, -0.2) is 72.9 Å². The second kappa shape index (κ2) is 7.93. The predicted octanol–water partition coefficient (Wildman–Crippen LogP) is 2.08. The number of fused-ring (bicyclic) bond motifs is 2. The normalized spacial score (nSPS) is 28.6. The lowest BCUT2D eigenvalue weighted by Gasteiger charge is -2.49. The number of nitrogens with zero attached hydrogens (tertiary/aromatic N) is 4. The fourth-order valence-electron chi connectivity index (χ4n) is 4.45. The Morgan fingerprint density at radius 1 is 1.29 bits per heavy atom. The molecule has 10 heteroatoms. The summed E-state index contributed by atoms with van der Waals surface area (Å²) in [5.41, 5.74) is 0. The van der Waals surface area contributed by atoms with Crippen LogP contribution in [0.3, 0.4) is 0 Å². The Morgan fingerprint density at radius 2 is 1.96 bits per heavy atom. The molecule has 0 radical (unpaired) electrons. The molecule has 3 atom stereocenters. The SMILES string of the molecule is CCS(=O)(=O)N1[C@@H]2CCC[C@H]1C[C@@H](N(C)c1nc(Cl)cc(OC3COC3)n1)C2. The minimum atomic E-state index is -3.19. The van der Waals surface area contributed by atoms with E-state index in [1.807, 2.05) is 11.9 Å². The lowest BCUT2D eigenvalue weighted by Crippen LogP contribution is -2.58. The number of rotatable bonds is 6. The van der Waals surface area contributed by atoms with Crippen LogP contribution in [0.4, 0.5) is 5.95 Å². The van der Waals surface area contributed by atoms with E-state index in [-0.39, 0.29) is 30.0 Å². The maximum absolute atomic E-state index is 12.6. The molecule has 3 aliphatic heterocycles. The van der Waals surface area contributed by atoms with Crippen LogP contribution in [0, 0.1) is 0 Å². The molecule has 0 spiro atoms. The molecule has 0 amide bonds. The van der Waals surface area contributed by atoms with Gasteiger partial charge in [0.1, 0.15) is 11.3 Å². The fraction of sp³-hybridized carbons (Fsp3) is 0.778. The number of hydrogen-bond acceptors (Lipinski definition) is 7. The molecule has 8 nitrogen and oxygen atoms in total. The monoisotopic (exact) mass is 430 g/mol. The van der Waals surface area contributed by atoms with Gasteiger partial charge in [-0.05, 0) is 32.6 Å². The van der Waals surface area contributed by atoms with Crippen molar-refractivity contribution in [2.45, 2.75) is 63.3 Å². The van der Waals surface area contributed by atoms with Gasteiger partial charge in [-0.15, -0.1) is 0 Å². The van der Waals surface area contributed by atoms with Crippen molar-refractivity contribution in [3.8, 4) is 5.88 Å². The van der Waals surface area contributed by atoms with Crippen LogP contribution in [0.25, 0.3) is 0 Å². The summed E-state index contributed by atoms with van der Waals surface area (Å²) in [6.07, 6.45) is 4.45. The van der Waals surface area contributed by atoms with Crippen molar-refractivity contribution in [2.75, 3.05) is 30.9 Å². The van der Waals surface area contributed by atoms with Gasteiger partial charge >= 0.3 is 0 Å². The molecule has 0 unspecified atom stereocenters. The number of anilines is 1. The van der Waals surface area contributed by atoms with Crippen LogP contribution in [-0.2, 0) is 14.8 Å². The number of hydrogen-bond donors (Lipinski definition) is 0. The molecule has 4 rings (SSSR count). The maximum Gasteiger partial charge on any atom is 0.230 e. The number of aromatic nitrogens is 2. The number of piperidine rings is 2. The van der Waals surface area contributed by atoms with E-state index in [4.69, 9.17) is 21.1 Å². The van der Waals surface area contributed by atoms with E-state index in [0.717, 1.165) is 32.1 Å². The second-order valence-corrected chi connectivity index (χ2v) is 10.4. The van der Waals surface area contributed by atoms with Gasteiger partial charge in [-0.3, -0.25) is 0 Å². The summed E-state index contributed by atoms with van der Waals surface area (Å²) in [5.74, 6) is 1.11. The first-order valence-corrected chi connectivity index (χ1v) is 11.9. The van der Waals surface area contributed by atoms with Gasteiger partial charge in [0.2, 0.25) is 21.9 Å². The summed E-state index contributed by atoms with van der Waals surface area (Å²) in [6, 6.07) is 1.87. The average molecular weight is 431 g/mol. The van der Waals surface area contributed by atoms with Gasteiger partial charge in [0.15, 0.2) is 0 Å². The van der Waals surface area contributed by atoms with Crippen molar-refractivity contribution in [3.05, 3.63) is 11.2 Å². The minimum absolute atomic E-state index is 0.00553. The van der Waals surface area contributed by atoms with E-state index in [1.165, 1.54) is 0 Å². The Bertz CT molecular complexity index is 806. The molecule has 2 bridgehead atoms. The standard InChI is InChI=1S/C18H27ClN4O4S/c1-3-28(24,25)23-12-5-4-6-13(23)8-14(7-12)22(2)18-20-16(19)9-17(21-18)27-15-10-26-11-15/h9,12-15H,3-8,10-11H2,1-2H3/t12-,13+,14+. The molecule has 4 heterocycles. The minimum Gasteiger partial charge on any atom is -0.469 e. The summed E-state index contributed by atoms with van der Waals surface area (Å²) < 4.78 is 37.9. The van der Waals surface area contributed by atoms with E-state index >= 15 is 0 Å². The first kappa shape index (κ1) is 20.1. The molecular weight excluding hydrogens is 404 g/mol. The van der Waals surface area contributed by atoms with Crippen molar-refractivity contribution in [1.29, 1.82) is 0 Å². The predicted molar refractivity (Wildman–Crippen MR) is 106 cm³/mol. The van der Waals surface area contributed by atoms with Crippen LogP contribution in [0.1, 0.15) is 39.0 Å². The highest BCUT2D eigenvalue weighted by molar-refractivity contribution is 7.89. The summed E-state index contributed by atoms with van der Waals surface area (Å²) in [5, 5.41) is 0.332. The zero-order chi connectivity index (χ0) is 19.9. The first-order chi connectivity index (χ1) is 13.4. The van der Waals surface area contributed by atoms with Gasteiger partial charge in [0, 0.05) is 31.2 Å². The molecule has 0 aliphatic carbocycles. The molecular formula is C18H27ClN4O4S. The van der Waals surface area contributed by atoms with Gasteiger partial charge in [0.05, 0.1) is 19.0 Å². The molecule has 0 N–H and O–H groups in total. The van der Waals surface area contributed by atoms with Crippen LogP contribution in [0.15, 0.2) is 6.07 Å². The van der Waals surface area contributed by atoms with Crippen molar-refractivity contribution in [3.63, 3.8) is 0 Å². The van der Waals surface area contributed by atoms with Crippen molar-refractivity contribution >= 4 is 27.6 Å². The highest BCUT2D eigenvalue weighted by Gasteiger charge is 2.45. The third-order valence-electron chi connectivity index (χ3n) is 5.99. The van der Waals surface area contributed by atoms with E-state index in [2.05, 4.69) is 9.97 Å². The Hall–Kier alpha value is -1.16. The lowest BCUT2D eigenvalue weighted by molar-refractivity contribution is -0.0813. The number of ether oxygens (including phenoxy) is 2. The Labute approximate surface area is 171 Å². The van der Waals surface area contributed by atoms with E-state index in [9.17, 15) is 8.42 Å². The smallest absolute Gasteiger partial charge is 0.230 e. The summed E-state index contributed by atoms with van der Waals surface area (Å²) in [6.45, 7) is 2.83. The molecule has 1 aromatic heterocycles. The molecule has 3 fully saturated rings. The van der Waals surface area contributed by atoms with Crippen LogP contribution < -0.4 is 9.64 Å². The third kappa shape index (κ3) is 3.94. The zero-order valence-corrected chi connectivity index (χ0v) is 17.8. The Morgan fingerprint density at radius 3 is 2.54 bits per heavy atom. The van der Waals surface area contributed by atoms with E-state index < -0.39 is 10.0 Å². The van der Waals surface area contributed by atoms with Crippen molar-refractivity contribution in [1.82, 2.24) is 14.3 Å². The average Bonchev–Trinajstić information content (AvgIpc) is 2.62. The highest BCUT2D eigenvalue weighted by Crippen LogP contribution is 2.38. The molecule has 3 aliphatic rings. The molecule has 0 saturated carbocycles. The highest BCUT2D eigenvalue weighted by atomic mass is 35.5. The van der Waals surface area contributed by atoms with Gasteiger partial charge in [-0.1, -0.05) is 18.0 Å². The van der Waals surface area contributed by atoms with Crippen molar-refractivity contribution < 1.29 is 17.9 Å². The second-order valence-electron chi connectivity index (χ2n) is 7.81. The fourth-order valence-corrected chi connectivity index (χ4v) is 6.21. The maximum atomic E-state index is 12.6. The van der Waals surface area contributed by atoms with Crippen LogP contribution in [0.2, 0.25) is 5.15 Å².